The Morgan fingerprint density at radius 2 is 2.08 bits per heavy atom. The van der Waals surface area contributed by atoms with Gasteiger partial charge in [-0.15, -0.1) is 15.3 Å². The van der Waals surface area contributed by atoms with Crippen molar-refractivity contribution in [1.29, 1.82) is 0 Å². The maximum Gasteiger partial charge on any atom is 0.225 e. The van der Waals surface area contributed by atoms with Gasteiger partial charge < -0.3 is 10.2 Å². The molecule has 1 fully saturated rings. The Hall–Kier alpha value is -2.96. The Kier molecular flexibility index (Phi) is 4.28. The van der Waals surface area contributed by atoms with E-state index in [4.69, 9.17) is 0 Å². The first kappa shape index (κ1) is 15.6. The lowest BCUT2D eigenvalue weighted by atomic mass is 9.97. The monoisotopic (exact) mass is 336 g/mol. The number of nitrogens with zero attached hydrogens (tertiary/aromatic N) is 5. The molecule has 1 aromatic carbocycles. The van der Waals surface area contributed by atoms with Crippen molar-refractivity contribution in [2.45, 2.75) is 19.4 Å². The van der Waals surface area contributed by atoms with Crippen LogP contribution in [-0.4, -0.2) is 38.8 Å². The molecule has 25 heavy (non-hydrogen) atoms. The molecule has 2 aromatic heterocycles. The van der Waals surface area contributed by atoms with E-state index in [0.29, 0.717) is 13.1 Å². The lowest BCUT2D eigenvalue weighted by Gasteiger charge is -2.32. The summed E-state index contributed by atoms with van der Waals surface area (Å²) in [5.74, 6) is 0.947. The van der Waals surface area contributed by atoms with Gasteiger partial charge in [0.25, 0.3) is 0 Å². The predicted octanol–water partition coefficient (Wildman–Crippen LogP) is 1.66. The van der Waals surface area contributed by atoms with E-state index in [1.54, 1.807) is 10.8 Å². The van der Waals surface area contributed by atoms with E-state index >= 15 is 0 Å². The largest absolute Gasteiger partial charge is 0.354 e. The van der Waals surface area contributed by atoms with Crippen molar-refractivity contribution in [2.24, 2.45) is 5.92 Å². The normalized spacial score (nSPS) is 17.6. The van der Waals surface area contributed by atoms with E-state index in [-0.39, 0.29) is 11.8 Å². The Morgan fingerprint density at radius 3 is 2.96 bits per heavy atom. The molecule has 1 aliphatic rings. The summed E-state index contributed by atoms with van der Waals surface area (Å²) in [4.78, 5) is 14.7. The van der Waals surface area contributed by atoms with Crippen LogP contribution < -0.4 is 10.2 Å². The predicted molar refractivity (Wildman–Crippen MR) is 94.0 cm³/mol. The molecule has 1 N–H and O–H groups in total. The zero-order valence-corrected chi connectivity index (χ0v) is 13.9. The average molecular weight is 336 g/mol. The molecule has 1 saturated heterocycles. The van der Waals surface area contributed by atoms with Crippen LogP contribution in [0.5, 0.6) is 0 Å². The van der Waals surface area contributed by atoms with Crippen LogP contribution in [0.2, 0.25) is 0 Å². The molecule has 7 nitrogen and oxygen atoms in total. The second kappa shape index (κ2) is 6.88. The number of hydrogen-bond acceptors (Lipinski definition) is 5. The first-order valence-electron chi connectivity index (χ1n) is 8.53. The van der Waals surface area contributed by atoms with E-state index < -0.39 is 0 Å². The highest BCUT2D eigenvalue weighted by atomic mass is 16.1. The third-order valence-electron chi connectivity index (χ3n) is 4.57. The first-order chi connectivity index (χ1) is 12.3. The van der Waals surface area contributed by atoms with E-state index in [0.717, 1.165) is 36.4 Å². The third kappa shape index (κ3) is 3.45. The van der Waals surface area contributed by atoms with Crippen LogP contribution in [-0.2, 0) is 11.3 Å². The molecule has 0 spiro atoms. The SMILES string of the molecule is O=C(NCc1ccccc1)C1CCCN(c2ccc3nncn3n2)C1. The molecule has 0 bridgehead atoms. The van der Waals surface area contributed by atoms with Crippen molar-refractivity contribution < 1.29 is 4.79 Å². The van der Waals surface area contributed by atoms with Gasteiger partial charge in [0.1, 0.15) is 12.1 Å². The average Bonchev–Trinajstić information content (AvgIpc) is 3.15. The highest BCUT2D eigenvalue weighted by molar-refractivity contribution is 5.79. The summed E-state index contributed by atoms with van der Waals surface area (Å²) in [6.45, 7) is 2.16. The number of nitrogens with one attached hydrogen (secondary N) is 1. The van der Waals surface area contributed by atoms with Gasteiger partial charge in [-0.3, -0.25) is 4.79 Å². The minimum atomic E-state index is -0.0177. The van der Waals surface area contributed by atoms with Crippen LogP contribution in [0.25, 0.3) is 5.65 Å². The fraction of sp³-hybridized carbons (Fsp3) is 0.333. The molecular weight excluding hydrogens is 316 g/mol. The molecule has 1 aliphatic heterocycles. The van der Waals surface area contributed by atoms with Gasteiger partial charge in [0.05, 0.1) is 5.92 Å². The van der Waals surface area contributed by atoms with Gasteiger partial charge in [0.15, 0.2) is 5.65 Å². The van der Waals surface area contributed by atoms with Crippen LogP contribution in [0.15, 0.2) is 48.8 Å². The highest BCUT2D eigenvalue weighted by Crippen LogP contribution is 2.22. The number of amides is 1. The highest BCUT2D eigenvalue weighted by Gasteiger charge is 2.26. The number of carbonyl (C=O) groups excluding carboxylic acids is 1. The van der Waals surface area contributed by atoms with Gasteiger partial charge in [-0.1, -0.05) is 30.3 Å². The van der Waals surface area contributed by atoms with E-state index in [1.165, 1.54) is 0 Å². The molecule has 128 valence electrons. The van der Waals surface area contributed by atoms with Crippen LogP contribution in [0.4, 0.5) is 5.82 Å². The molecule has 1 atom stereocenters. The van der Waals surface area contributed by atoms with Crippen molar-refractivity contribution in [2.75, 3.05) is 18.0 Å². The number of benzene rings is 1. The zero-order chi connectivity index (χ0) is 17.1. The van der Waals surface area contributed by atoms with Gasteiger partial charge >= 0.3 is 0 Å². The number of fused-ring (bicyclic) bond motifs is 1. The maximum absolute atomic E-state index is 12.5. The minimum absolute atomic E-state index is 0.0177. The first-order valence-corrected chi connectivity index (χ1v) is 8.53. The Bertz CT molecular complexity index is 862. The summed E-state index contributed by atoms with van der Waals surface area (Å²) in [7, 11) is 0. The van der Waals surface area contributed by atoms with Crippen molar-refractivity contribution in [3.05, 3.63) is 54.4 Å². The van der Waals surface area contributed by atoms with Gasteiger partial charge in [0.2, 0.25) is 5.91 Å². The van der Waals surface area contributed by atoms with Crippen molar-refractivity contribution >= 4 is 17.4 Å². The summed E-state index contributed by atoms with van der Waals surface area (Å²) in [6.07, 6.45) is 3.48. The zero-order valence-electron chi connectivity index (χ0n) is 13.9. The molecular formula is C18H20N6O. The van der Waals surface area contributed by atoms with Crippen LogP contribution in [0.3, 0.4) is 0 Å². The van der Waals surface area contributed by atoms with Gasteiger partial charge in [-0.2, -0.15) is 4.52 Å². The summed E-state index contributed by atoms with van der Waals surface area (Å²) in [5, 5.41) is 15.4. The minimum Gasteiger partial charge on any atom is -0.354 e. The number of carbonyl (C=O) groups is 1. The van der Waals surface area contributed by atoms with Gasteiger partial charge in [-0.25, -0.2) is 0 Å². The number of hydrogen-bond donors (Lipinski definition) is 1. The lowest BCUT2D eigenvalue weighted by Crippen LogP contribution is -2.43. The fourth-order valence-corrected chi connectivity index (χ4v) is 3.22. The Balaban J connectivity index is 1.40. The Labute approximate surface area is 145 Å². The second-order valence-corrected chi connectivity index (χ2v) is 6.31. The van der Waals surface area contributed by atoms with Crippen molar-refractivity contribution in [3.63, 3.8) is 0 Å². The standard InChI is InChI=1S/C18H20N6O/c25-18(19-11-14-5-2-1-3-6-14)15-7-4-10-23(12-15)17-9-8-16-21-20-13-24(16)22-17/h1-3,5-6,8-9,13,15H,4,7,10-12H2,(H,19,25). The van der Waals surface area contributed by atoms with E-state index in [9.17, 15) is 4.79 Å². The molecule has 1 amide bonds. The van der Waals surface area contributed by atoms with Crippen LogP contribution >= 0.6 is 0 Å². The fourth-order valence-electron chi connectivity index (χ4n) is 3.22. The van der Waals surface area contributed by atoms with Crippen molar-refractivity contribution in [1.82, 2.24) is 25.1 Å². The second-order valence-electron chi connectivity index (χ2n) is 6.31. The summed E-state index contributed by atoms with van der Waals surface area (Å²) < 4.78 is 1.66. The van der Waals surface area contributed by atoms with Gasteiger partial charge in [-0.05, 0) is 30.5 Å². The topological polar surface area (TPSA) is 75.4 Å². The van der Waals surface area contributed by atoms with Crippen molar-refractivity contribution in [3.8, 4) is 0 Å². The summed E-state index contributed by atoms with van der Waals surface area (Å²) in [5.41, 5.74) is 1.83. The number of piperidine rings is 1. The molecule has 3 heterocycles. The number of rotatable bonds is 4. The molecule has 0 saturated carbocycles. The molecule has 1 unspecified atom stereocenters. The van der Waals surface area contributed by atoms with E-state index in [2.05, 4.69) is 25.5 Å². The number of anilines is 1. The van der Waals surface area contributed by atoms with Crippen LogP contribution in [0, 0.1) is 5.92 Å². The molecule has 3 aromatic rings. The molecule has 0 radical (unpaired) electrons. The Morgan fingerprint density at radius 1 is 1.20 bits per heavy atom. The van der Waals surface area contributed by atoms with E-state index in [1.807, 2.05) is 42.5 Å². The number of aromatic nitrogens is 4. The van der Waals surface area contributed by atoms with Crippen LogP contribution in [0.1, 0.15) is 18.4 Å². The van der Waals surface area contributed by atoms with Gasteiger partial charge in [0, 0.05) is 19.6 Å². The molecule has 7 heteroatoms. The quantitative estimate of drug-likeness (QED) is 0.784. The summed E-state index contributed by atoms with van der Waals surface area (Å²) in [6, 6.07) is 13.8. The lowest BCUT2D eigenvalue weighted by molar-refractivity contribution is -0.125. The summed E-state index contributed by atoms with van der Waals surface area (Å²) >= 11 is 0. The smallest absolute Gasteiger partial charge is 0.225 e. The maximum atomic E-state index is 12.5. The third-order valence-corrected chi connectivity index (χ3v) is 4.57. The molecule has 4 rings (SSSR count). The molecule has 0 aliphatic carbocycles.